The van der Waals surface area contributed by atoms with Crippen molar-refractivity contribution < 1.29 is 19.1 Å². The highest BCUT2D eigenvalue weighted by Gasteiger charge is 2.20. The first-order valence-corrected chi connectivity index (χ1v) is 6.37. The topological polar surface area (TPSA) is 91.5 Å². The van der Waals surface area contributed by atoms with Crippen molar-refractivity contribution in [2.45, 2.75) is 13.5 Å². The molecule has 0 aliphatic rings. The van der Waals surface area contributed by atoms with Crippen LogP contribution in [0.4, 0.5) is 0 Å². The third-order valence-electron chi connectivity index (χ3n) is 3.06. The Kier molecular flexibility index (Phi) is 4.49. The Morgan fingerprint density at radius 1 is 1.29 bits per heavy atom. The minimum absolute atomic E-state index is 0.173. The minimum atomic E-state index is -0.706. The molecule has 0 spiro atoms. The molecule has 0 atom stereocenters. The second-order valence-corrected chi connectivity index (χ2v) is 4.55. The van der Waals surface area contributed by atoms with Crippen molar-refractivity contribution in [1.82, 2.24) is 4.98 Å². The maximum Gasteiger partial charge on any atom is 0.340 e. The normalized spacial score (nSPS) is 10.6. The van der Waals surface area contributed by atoms with E-state index in [-0.39, 0.29) is 6.61 Å². The van der Waals surface area contributed by atoms with Gasteiger partial charge in [0.05, 0.1) is 23.4 Å². The molecule has 0 saturated carbocycles. The van der Waals surface area contributed by atoms with Crippen LogP contribution in [0.5, 0.6) is 0 Å². The number of aryl methyl sites for hydroxylation is 1. The van der Waals surface area contributed by atoms with Gasteiger partial charge in [-0.3, -0.25) is 4.79 Å². The highest BCUT2D eigenvalue weighted by molar-refractivity contribution is 5.99. The van der Waals surface area contributed by atoms with Crippen LogP contribution in [-0.2, 0) is 20.9 Å². The molecule has 2 N–H and O–H groups in total. The molecule has 6 nitrogen and oxygen atoms in total. The highest BCUT2D eigenvalue weighted by atomic mass is 16.5. The number of esters is 1. The molecule has 2 rings (SSSR count). The summed E-state index contributed by atoms with van der Waals surface area (Å²) in [4.78, 5) is 27.4. The fourth-order valence-electron chi connectivity index (χ4n) is 2.16. The van der Waals surface area contributed by atoms with Gasteiger partial charge < -0.3 is 15.2 Å². The summed E-state index contributed by atoms with van der Waals surface area (Å²) < 4.78 is 9.98. The number of methoxy groups -OCH3 is 1. The molecule has 21 heavy (non-hydrogen) atoms. The number of hydrogen-bond donors (Lipinski definition) is 1. The fourth-order valence-corrected chi connectivity index (χ4v) is 2.16. The Hall–Kier alpha value is -2.47. The highest BCUT2D eigenvalue weighted by Crippen LogP contribution is 2.24. The number of hydrogen-bond acceptors (Lipinski definition) is 5. The Balaban J connectivity index is 2.53. The van der Waals surface area contributed by atoms with Gasteiger partial charge in [-0.25, -0.2) is 9.78 Å². The summed E-state index contributed by atoms with van der Waals surface area (Å²) in [7, 11) is 1.52. The van der Waals surface area contributed by atoms with Crippen molar-refractivity contribution >= 4 is 22.8 Å². The monoisotopic (exact) mass is 288 g/mol. The van der Waals surface area contributed by atoms with Gasteiger partial charge in [0, 0.05) is 12.5 Å². The molecule has 1 aromatic carbocycles. The molecule has 0 unspecified atom stereocenters. The van der Waals surface area contributed by atoms with Crippen molar-refractivity contribution in [3.05, 3.63) is 41.1 Å². The molecule has 0 aliphatic heterocycles. The number of nitrogens with two attached hydrogens (primary N) is 1. The summed E-state index contributed by atoms with van der Waals surface area (Å²) in [5.74, 6) is -1.33. The van der Waals surface area contributed by atoms with E-state index >= 15 is 0 Å². The number of primary amides is 1. The predicted octanol–water partition coefficient (Wildman–Crippen LogP) is 1.33. The zero-order chi connectivity index (χ0) is 15.4. The van der Waals surface area contributed by atoms with E-state index in [0.717, 1.165) is 16.5 Å². The lowest BCUT2D eigenvalue weighted by Gasteiger charge is -2.13. The number of carbonyl (C=O) groups excluding carboxylic acids is 2. The standard InChI is InChI=1S/C15H16N2O4/c1-9-10-5-3-4-6-11(10)17-12(7-20-2)14(9)15(19)21-8-13(16)18/h3-6H,7-8H2,1-2H3,(H2,16,18). The van der Waals surface area contributed by atoms with E-state index in [1.165, 1.54) is 7.11 Å². The lowest BCUT2D eigenvalue weighted by Crippen LogP contribution is -2.22. The first-order valence-electron chi connectivity index (χ1n) is 6.37. The molecule has 2 aromatic rings. The summed E-state index contributed by atoms with van der Waals surface area (Å²) in [6.07, 6.45) is 0. The third-order valence-corrected chi connectivity index (χ3v) is 3.06. The number of ether oxygens (including phenoxy) is 2. The molecule has 1 aromatic heterocycles. The first-order chi connectivity index (χ1) is 10.0. The number of aromatic nitrogens is 1. The number of pyridine rings is 1. The average Bonchev–Trinajstić information content (AvgIpc) is 2.45. The molecule has 0 fully saturated rings. The van der Waals surface area contributed by atoms with Crippen molar-refractivity contribution in [3.8, 4) is 0 Å². The van der Waals surface area contributed by atoms with E-state index in [9.17, 15) is 9.59 Å². The van der Waals surface area contributed by atoms with Crippen LogP contribution in [0.25, 0.3) is 10.9 Å². The molecule has 6 heteroatoms. The Bertz CT molecular complexity index is 697. The summed E-state index contributed by atoms with van der Waals surface area (Å²) in [6, 6.07) is 7.47. The lowest BCUT2D eigenvalue weighted by atomic mass is 10.0. The number of para-hydroxylation sites is 1. The van der Waals surface area contributed by atoms with Crippen LogP contribution in [0, 0.1) is 6.92 Å². The summed E-state index contributed by atoms with van der Waals surface area (Å²) in [6.45, 7) is 1.52. The van der Waals surface area contributed by atoms with Crippen molar-refractivity contribution in [2.24, 2.45) is 5.73 Å². The zero-order valence-corrected chi connectivity index (χ0v) is 11.9. The van der Waals surface area contributed by atoms with E-state index in [0.29, 0.717) is 11.3 Å². The Labute approximate surface area is 121 Å². The van der Waals surface area contributed by atoms with Gasteiger partial charge in [-0.15, -0.1) is 0 Å². The second-order valence-electron chi connectivity index (χ2n) is 4.55. The number of rotatable bonds is 5. The molecule has 0 radical (unpaired) electrons. The second kappa shape index (κ2) is 6.32. The number of fused-ring (bicyclic) bond motifs is 1. The van der Waals surface area contributed by atoms with Crippen molar-refractivity contribution in [3.63, 3.8) is 0 Å². The van der Waals surface area contributed by atoms with Gasteiger partial charge in [-0.1, -0.05) is 18.2 Å². The van der Waals surface area contributed by atoms with Crippen LogP contribution in [0.15, 0.2) is 24.3 Å². The van der Waals surface area contributed by atoms with Crippen molar-refractivity contribution in [2.75, 3.05) is 13.7 Å². The smallest absolute Gasteiger partial charge is 0.340 e. The minimum Gasteiger partial charge on any atom is -0.452 e. The molecular weight excluding hydrogens is 272 g/mol. The van der Waals surface area contributed by atoms with E-state index in [1.54, 1.807) is 0 Å². The van der Waals surface area contributed by atoms with Gasteiger partial charge in [-0.05, 0) is 18.6 Å². The van der Waals surface area contributed by atoms with E-state index < -0.39 is 18.5 Å². The molecule has 0 bridgehead atoms. The number of benzene rings is 1. The Morgan fingerprint density at radius 3 is 2.67 bits per heavy atom. The molecule has 1 amide bonds. The van der Waals surface area contributed by atoms with Crippen LogP contribution >= 0.6 is 0 Å². The van der Waals surface area contributed by atoms with Gasteiger partial charge in [-0.2, -0.15) is 0 Å². The SMILES string of the molecule is COCc1nc2ccccc2c(C)c1C(=O)OCC(N)=O. The maximum atomic E-state index is 12.2. The van der Waals surface area contributed by atoms with Gasteiger partial charge in [0.15, 0.2) is 6.61 Å². The summed E-state index contributed by atoms with van der Waals surface area (Å²) >= 11 is 0. The largest absolute Gasteiger partial charge is 0.452 e. The van der Waals surface area contributed by atoms with Gasteiger partial charge in [0.25, 0.3) is 5.91 Å². The summed E-state index contributed by atoms with van der Waals surface area (Å²) in [5.41, 5.74) is 7.29. The van der Waals surface area contributed by atoms with Gasteiger partial charge in [0.2, 0.25) is 0 Å². The Morgan fingerprint density at radius 2 is 2.00 bits per heavy atom. The number of carbonyl (C=O) groups is 2. The predicted molar refractivity (Wildman–Crippen MR) is 76.7 cm³/mol. The molecule has 1 heterocycles. The summed E-state index contributed by atoms with van der Waals surface area (Å²) in [5, 5.41) is 0.850. The number of nitrogens with zero attached hydrogens (tertiary/aromatic N) is 1. The van der Waals surface area contributed by atoms with Crippen LogP contribution in [-0.4, -0.2) is 30.6 Å². The van der Waals surface area contributed by atoms with E-state index in [1.807, 2.05) is 31.2 Å². The quantitative estimate of drug-likeness (QED) is 0.838. The van der Waals surface area contributed by atoms with Gasteiger partial charge in [0.1, 0.15) is 0 Å². The van der Waals surface area contributed by atoms with E-state index in [4.69, 9.17) is 15.2 Å². The van der Waals surface area contributed by atoms with Crippen LogP contribution < -0.4 is 5.73 Å². The average molecular weight is 288 g/mol. The molecule has 0 aliphatic carbocycles. The first kappa shape index (κ1) is 14.9. The zero-order valence-electron chi connectivity index (χ0n) is 11.9. The van der Waals surface area contributed by atoms with Crippen LogP contribution in [0.2, 0.25) is 0 Å². The van der Waals surface area contributed by atoms with E-state index in [2.05, 4.69) is 4.98 Å². The molecule has 0 saturated heterocycles. The lowest BCUT2D eigenvalue weighted by molar-refractivity contribution is -0.121. The van der Waals surface area contributed by atoms with Gasteiger partial charge >= 0.3 is 5.97 Å². The maximum absolute atomic E-state index is 12.2. The molecule has 110 valence electrons. The van der Waals surface area contributed by atoms with Crippen molar-refractivity contribution in [1.29, 1.82) is 0 Å². The third kappa shape index (κ3) is 3.17. The fraction of sp³-hybridized carbons (Fsp3) is 0.267. The van der Waals surface area contributed by atoms with Crippen LogP contribution in [0.1, 0.15) is 21.6 Å². The molecular formula is C15H16N2O4. The number of amides is 1. The van der Waals surface area contributed by atoms with Crippen LogP contribution in [0.3, 0.4) is 0 Å².